The molecule has 0 saturated carbocycles. The fourth-order valence-corrected chi connectivity index (χ4v) is 0.821. The largest absolute Gasteiger partial charge is 2.00 e. The Morgan fingerprint density at radius 2 is 1.33 bits per heavy atom. The maximum Gasteiger partial charge on any atom is 2.00 e. The number of para-hydroxylation sites is 1. The Kier molecular flexibility index (Phi) is 19.0. The van der Waals surface area contributed by atoms with Gasteiger partial charge in [0.05, 0.1) is 0 Å². The molecule has 1 aromatic rings. The SMILES string of the molecule is C1=CCC=C1.Oc1ccccc1.[Cl-].[Cl-].[Zr+2]. The Hall–Kier alpha value is -0.0369. The van der Waals surface area contributed by atoms with Crippen molar-refractivity contribution < 1.29 is 56.1 Å². The van der Waals surface area contributed by atoms with Gasteiger partial charge in [0.25, 0.3) is 0 Å². The minimum atomic E-state index is 0. The maximum atomic E-state index is 8.63. The van der Waals surface area contributed by atoms with Crippen LogP contribution in [0, 0.1) is 0 Å². The van der Waals surface area contributed by atoms with Crippen LogP contribution in [0.15, 0.2) is 54.6 Å². The van der Waals surface area contributed by atoms with Crippen molar-refractivity contribution in [2.45, 2.75) is 6.42 Å². The molecule has 0 heterocycles. The molecule has 1 aliphatic rings. The molecule has 1 aliphatic carbocycles. The van der Waals surface area contributed by atoms with Gasteiger partial charge in [-0.25, -0.2) is 0 Å². The molecule has 0 aliphatic heterocycles. The second kappa shape index (κ2) is 14.0. The molecule has 0 amide bonds. The zero-order valence-electron chi connectivity index (χ0n) is 8.11. The molecule has 0 spiro atoms. The average molecular weight is 322 g/mol. The van der Waals surface area contributed by atoms with Crippen LogP contribution in [-0.4, -0.2) is 5.11 Å². The van der Waals surface area contributed by atoms with Gasteiger partial charge < -0.3 is 29.9 Å². The topological polar surface area (TPSA) is 20.2 Å². The minimum Gasteiger partial charge on any atom is -1.00 e. The van der Waals surface area contributed by atoms with Crippen molar-refractivity contribution in [3.05, 3.63) is 54.6 Å². The van der Waals surface area contributed by atoms with Crippen molar-refractivity contribution >= 4 is 0 Å². The van der Waals surface area contributed by atoms with Crippen LogP contribution < -0.4 is 24.8 Å². The van der Waals surface area contributed by atoms with Gasteiger partial charge in [0.15, 0.2) is 0 Å². The van der Waals surface area contributed by atoms with E-state index in [0.29, 0.717) is 5.75 Å². The van der Waals surface area contributed by atoms with E-state index in [1.807, 2.05) is 6.07 Å². The zero-order chi connectivity index (χ0) is 8.65. The van der Waals surface area contributed by atoms with Crippen LogP contribution in [-0.2, 0) is 26.2 Å². The fraction of sp³-hybridized carbons (Fsp3) is 0.0909. The molecule has 0 fully saturated rings. The molecule has 0 atom stereocenters. The van der Waals surface area contributed by atoms with E-state index in [0.717, 1.165) is 6.42 Å². The molecule has 0 bridgehead atoms. The summed E-state index contributed by atoms with van der Waals surface area (Å²) in [6, 6.07) is 8.71. The van der Waals surface area contributed by atoms with Gasteiger partial charge in [0, 0.05) is 0 Å². The quantitative estimate of drug-likeness (QED) is 0.537. The number of allylic oxidation sites excluding steroid dienone is 4. The van der Waals surface area contributed by atoms with Crippen LogP contribution in [0.1, 0.15) is 6.42 Å². The Labute approximate surface area is 122 Å². The molecule has 1 N–H and O–H groups in total. The van der Waals surface area contributed by atoms with E-state index >= 15 is 0 Å². The molecular formula is C11H12Cl2OZr. The maximum absolute atomic E-state index is 8.63. The predicted octanol–water partition coefficient (Wildman–Crippen LogP) is -3.10. The summed E-state index contributed by atoms with van der Waals surface area (Å²) < 4.78 is 0. The molecule has 4 heteroatoms. The van der Waals surface area contributed by atoms with Gasteiger partial charge in [-0.2, -0.15) is 0 Å². The van der Waals surface area contributed by atoms with Crippen LogP contribution in [0.4, 0.5) is 0 Å². The van der Waals surface area contributed by atoms with Gasteiger partial charge in [-0.05, 0) is 18.6 Å². The summed E-state index contributed by atoms with van der Waals surface area (Å²) in [7, 11) is 0. The summed E-state index contributed by atoms with van der Waals surface area (Å²) in [4.78, 5) is 0. The fourth-order valence-electron chi connectivity index (χ4n) is 0.821. The predicted molar refractivity (Wildman–Crippen MR) is 51.0 cm³/mol. The first-order valence-corrected chi connectivity index (χ1v) is 3.95. The van der Waals surface area contributed by atoms with Crippen molar-refractivity contribution in [2.75, 3.05) is 0 Å². The average Bonchev–Trinajstić information content (AvgIpc) is 2.62. The van der Waals surface area contributed by atoms with Gasteiger partial charge in [-0.15, -0.1) is 0 Å². The number of phenols is 1. The van der Waals surface area contributed by atoms with Gasteiger partial charge in [0.2, 0.25) is 0 Å². The smallest absolute Gasteiger partial charge is 1.00 e. The van der Waals surface area contributed by atoms with Gasteiger partial charge in [0.1, 0.15) is 5.75 Å². The summed E-state index contributed by atoms with van der Waals surface area (Å²) in [5, 5.41) is 8.63. The first-order chi connectivity index (χ1) is 5.89. The van der Waals surface area contributed by atoms with E-state index in [1.54, 1.807) is 24.3 Å². The summed E-state index contributed by atoms with van der Waals surface area (Å²) >= 11 is 0. The number of rotatable bonds is 0. The molecule has 1 aromatic carbocycles. The Bertz CT molecular complexity index is 263. The Morgan fingerprint density at radius 3 is 1.53 bits per heavy atom. The molecular weight excluding hydrogens is 310 g/mol. The van der Waals surface area contributed by atoms with Crippen molar-refractivity contribution in [3.8, 4) is 5.75 Å². The summed E-state index contributed by atoms with van der Waals surface area (Å²) in [6.07, 6.45) is 9.50. The van der Waals surface area contributed by atoms with Crippen LogP contribution in [0.25, 0.3) is 0 Å². The van der Waals surface area contributed by atoms with Crippen molar-refractivity contribution in [1.82, 2.24) is 0 Å². The van der Waals surface area contributed by atoms with Crippen LogP contribution in [0.2, 0.25) is 0 Å². The van der Waals surface area contributed by atoms with E-state index in [9.17, 15) is 0 Å². The summed E-state index contributed by atoms with van der Waals surface area (Å²) in [6.45, 7) is 0. The number of aromatic hydroxyl groups is 1. The van der Waals surface area contributed by atoms with Crippen LogP contribution >= 0.6 is 0 Å². The Morgan fingerprint density at radius 1 is 0.867 bits per heavy atom. The second-order valence-electron chi connectivity index (χ2n) is 2.43. The third-order valence-electron chi connectivity index (χ3n) is 1.41. The summed E-state index contributed by atoms with van der Waals surface area (Å²) in [5.41, 5.74) is 0. The van der Waals surface area contributed by atoms with Gasteiger partial charge in [-0.1, -0.05) is 42.5 Å². The monoisotopic (exact) mass is 320 g/mol. The number of benzene rings is 1. The molecule has 0 radical (unpaired) electrons. The molecule has 15 heavy (non-hydrogen) atoms. The number of phenolic OH excluding ortho intramolecular Hbond substituents is 1. The van der Waals surface area contributed by atoms with Crippen LogP contribution in [0.5, 0.6) is 5.75 Å². The third-order valence-corrected chi connectivity index (χ3v) is 1.41. The number of halogens is 2. The summed E-state index contributed by atoms with van der Waals surface area (Å²) in [5.74, 6) is 0.322. The molecule has 2 rings (SSSR count). The van der Waals surface area contributed by atoms with E-state index in [2.05, 4.69) is 24.3 Å². The molecule has 80 valence electrons. The first-order valence-electron chi connectivity index (χ1n) is 3.95. The first kappa shape index (κ1) is 20.4. The van der Waals surface area contributed by atoms with Crippen molar-refractivity contribution in [1.29, 1.82) is 0 Å². The van der Waals surface area contributed by atoms with E-state index < -0.39 is 0 Å². The minimum absolute atomic E-state index is 0. The van der Waals surface area contributed by atoms with Crippen molar-refractivity contribution in [3.63, 3.8) is 0 Å². The molecule has 0 aromatic heterocycles. The number of hydrogen-bond acceptors (Lipinski definition) is 1. The molecule has 1 nitrogen and oxygen atoms in total. The van der Waals surface area contributed by atoms with Gasteiger partial charge in [-0.3, -0.25) is 0 Å². The van der Waals surface area contributed by atoms with E-state index in [4.69, 9.17) is 5.11 Å². The van der Waals surface area contributed by atoms with Gasteiger partial charge >= 0.3 is 26.2 Å². The normalized spacial score (nSPS) is 9.87. The molecule has 0 saturated heterocycles. The third kappa shape index (κ3) is 11.9. The number of hydrogen-bond donors (Lipinski definition) is 1. The van der Waals surface area contributed by atoms with Crippen LogP contribution in [0.3, 0.4) is 0 Å². The van der Waals surface area contributed by atoms with Crippen molar-refractivity contribution in [2.24, 2.45) is 0 Å². The van der Waals surface area contributed by atoms with E-state index in [1.165, 1.54) is 0 Å². The standard InChI is InChI=1S/C6H6O.C5H6.2ClH.Zr/c7-6-4-2-1-3-5-6;1-2-4-5-3-1;;;/h1-5,7H;1-4H,5H2;2*1H;/q;;;;+2/p-2. The molecule has 0 unspecified atom stereocenters. The zero-order valence-corrected chi connectivity index (χ0v) is 12.1. The van der Waals surface area contributed by atoms with E-state index in [-0.39, 0.29) is 51.0 Å². The Balaban J connectivity index is -0.000000165. The second-order valence-corrected chi connectivity index (χ2v) is 2.43.